The van der Waals surface area contributed by atoms with Crippen molar-refractivity contribution in [3.05, 3.63) is 62.2 Å². The van der Waals surface area contributed by atoms with E-state index in [-0.39, 0.29) is 5.57 Å². The topological polar surface area (TPSA) is 85.3 Å². The molecule has 0 fully saturated rings. The zero-order chi connectivity index (χ0) is 18.4. The minimum atomic E-state index is -0.767. The molecule has 0 saturated carbocycles. The first-order valence-corrected chi connectivity index (χ1v) is 8.50. The Morgan fingerprint density at radius 3 is 2.68 bits per heavy atom. The quantitative estimate of drug-likeness (QED) is 0.416. The number of hydrogen-bond acceptors (Lipinski definition) is 4. The van der Waals surface area contributed by atoms with Gasteiger partial charge in [0.15, 0.2) is 11.5 Å². The summed E-state index contributed by atoms with van der Waals surface area (Å²) in [5.41, 5.74) is 7.93. The van der Waals surface area contributed by atoms with E-state index in [0.29, 0.717) is 23.7 Å². The van der Waals surface area contributed by atoms with Crippen LogP contribution in [0.3, 0.4) is 0 Å². The van der Waals surface area contributed by atoms with Crippen molar-refractivity contribution in [3.8, 4) is 17.6 Å². The molecule has 25 heavy (non-hydrogen) atoms. The SMILES string of the molecule is COc1cc(/C=C(\C#N)C(N)=O)cc(I)c1OCc1ccccc1C. The summed E-state index contributed by atoms with van der Waals surface area (Å²) >= 11 is 2.13. The molecular formula is C19H17IN2O3. The summed E-state index contributed by atoms with van der Waals surface area (Å²) < 4.78 is 12.2. The Kier molecular flexibility index (Phi) is 6.42. The number of aryl methyl sites for hydroxylation is 1. The van der Waals surface area contributed by atoms with Gasteiger partial charge in [0.25, 0.3) is 5.91 Å². The summed E-state index contributed by atoms with van der Waals surface area (Å²) in [5.74, 6) is 0.367. The first-order chi connectivity index (χ1) is 12.0. The van der Waals surface area contributed by atoms with Gasteiger partial charge in [-0.1, -0.05) is 24.3 Å². The van der Waals surface area contributed by atoms with Gasteiger partial charge in [-0.3, -0.25) is 4.79 Å². The fourth-order valence-corrected chi connectivity index (χ4v) is 2.99. The second-order valence-electron chi connectivity index (χ2n) is 5.28. The van der Waals surface area contributed by atoms with Crippen LogP contribution in [-0.2, 0) is 11.4 Å². The number of rotatable bonds is 6. The summed E-state index contributed by atoms with van der Waals surface area (Å²) in [5, 5.41) is 8.97. The van der Waals surface area contributed by atoms with Gasteiger partial charge >= 0.3 is 0 Å². The second-order valence-corrected chi connectivity index (χ2v) is 6.45. The van der Waals surface area contributed by atoms with Crippen LogP contribution in [0.5, 0.6) is 11.5 Å². The molecule has 6 heteroatoms. The number of carbonyl (C=O) groups excluding carboxylic acids is 1. The number of benzene rings is 2. The lowest BCUT2D eigenvalue weighted by molar-refractivity contribution is -0.114. The van der Waals surface area contributed by atoms with Gasteiger partial charge in [0.05, 0.1) is 10.7 Å². The Morgan fingerprint density at radius 1 is 1.36 bits per heavy atom. The Labute approximate surface area is 160 Å². The molecular weight excluding hydrogens is 431 g/mol. The molecule has 0 aliphatic heterocycles. The number of methoxy groups -OCH3 is 1. The van der Waals surface area contributed by atoms with Crippen LogP contribution in [0.1, 0.15) is 16.7 Å². The highest BCUT2D eigenvalue weighted by atomic mass is 127. The van der Waals surface area contributed by atoms with Crippen LogP contribution in [0.2, 0.25) is 0 Å². The number of primary amides is 1. The van der Waals surface area contributed by atoms with Gasteiger partial charge in [-0.2, -0.15) is 5.26 Å². The predicted octanol–water partition coefficient (Wildman–Crippen LogP) is 3.58. The molecule has 0 aliphatic carbocycles. The number of nitrogens with two attached hydrogens (primary N) is 1. The number of halogens is 1. The predicted molar refractivity (Wildman–Crippen MR) is 104 cm³/mol. The van der Waals surface area contributed by atoms with Gasteiger partial charge in [-0.15, -0.1) is 0 Å². The van der Waals surface area contributed by atoms with Crippen molar-refractivity contribution < 1.29 is 14.3 Å². The van der Waals surface area contributed by atoms with Gasteiger partial charge in [0, 0.05) is 0 Å². The third-order valence-corrected chi connectivity index (χ3v) is 4.38. The van der Waals surface area contributed by atoms with Gasteiger partial charge in [-0.05, 0) is 64.4 Å². The van der Waals surface area contributed by atoms with E-state index in [4.69, 9.17) is 20.5 Å². The lowest BCUT2D eigenvalue weighted by Crippen LogP contribution is -2.12. The van der Waals surface area contributed by atoms with Crippen molar-refractivity contribution in [2.24, 2.45) is 5.73 Å². The van der Waals surface area contributed by atoms with Gasteiger partial charge < -0.3 is 15.2 Å². The molecule has 0 bridgehead atoms. The average molecular weight is 448 g/mol. The maximum Gasteiger partial charge on any atom is 0.259 e. The van der Waals surface area contributed by atoms with Crippen molar-refractivity contribution in [2.45, 2.75) is 13.5 Å². The summed E-state index contributed by atoms with van der Waals surface area (Å²) in [4.78, 5) is 11.2. The Hall–Kier alpha value is -2.53. The number of carbonyl (C=O) groups is 1. The number of hydrogen-bond donors (Lipinski definition) is 1. The molecule has 0 spiro atoms. The van der Waals surface area contributed by atoms with E-state index in [1.165, 1.54) is 6.08 Å². The van der Waals surface area contributed by atoms with Crippen molar-refractivity contribution in [1.29, 1.82) is 5.26 Å². The van der Waals surface area contributed by atoms with E-state index in [2.05, 4.69) is 22.6 Å². The van der Waals surface area contributed by atoms with E-state index in [9.17, 15) is 4.79 Å². The largest absolute Gasteiger partial charge is 0.493 e. The maximum absolute atomic E-state index is 11.2. The van der Waals surface area contributed by atoms with E-state index in [0.717, 1.165) is 14.7 Å². The summed E-state index contributed by atoms with van der Waals surface area (Å²) in [6.45, 7) is 2.45. The minimum absolute atomic E-state index is 0.119. The standard InChI is InChI=1S/C19H17IN2O3/c1-12-5-3-4-6-14(12)11-25-18-16(20)8-13(9-17(18)24-2)7-15(10-21)19(22)23/h3-9H,11H2,1-2H3,(H2,22,23)/b15-7+. The number of nitriles is 1. The normalized spacial score (nSPS) is 10.9. The summed E-state index contributed by atoms with van der Waals surface area (Å²) in [7, 11) is 1.54. The van der Waals surface area contributed by atoms with Crippen molar-refractivity contribution in [2.75, 3.05) is 7.11 Å². The Morgan fingerprint density at radius 2 is 2.08 bits per heavy atom. The molecule has 5 nitrogen and oxygen atoms in total. The van der Waals surface area contributed by atoms with Crippen LogP contribution < -0.4 is 15.2 Å². The molecule has 0 saturated heterocycles. The monoisotopic (exact) mass is 448 g/mol. The summed E-state index contributed by atoms with van der Waals surface area (Å²) in [6, 6.07) is 13.3. The molecule has 2 rings (SSSR count). The lowest BCUT2D eigenvalue weighted by Gasteiger charge is -2.14. The molecule has 0 heterocycles. The van der Waals surface area contributed by atoms with E-state index < -0.39 is 5.91 Å². The fraction of sp³-hybridized carbons (Fsp3) is 0.158. The third-order valence-electron chi connectivity index (χ3n) is 3.58. The molecule has 0 atom stereocenters. The molecule has 1 amide bonds. The number of ether oxygens (including phenoxy) is 2. The number of amides is 1. The van der Waals surface area contributed by atoms with Crippen molar-refractivity contribution in [1.82, 2.24) is 0 Å². The second kappa shape index (κ2) is 8.53. The van der Waals surface area contributed by atoms with Crippen LogP contribution >= 0.6 is 22.6 Å². The van der Waals surface area contributed by atoms with Crippen LogP contribution in [0.15, 0.2) is 42.0 Å². The Balaban J connectivity index is 2.33. The van der Waals surface area contributed by atoms with Gasteiger partial charge in [0.1, 0.15) is 18.2 Å². The maximum atomic E-state index is 11.2. The molecule has 0 aliphatic rings. The molecule has 2 aromatic rings. The molecule has 0 aromatic heterocycles. The van der Waals surface area contributed by atoms with E-state index in [1.54, 1.807) is 25.3 Å². The molecule has 2 aromatic carbocycles. The highest BCUT2D eigenvalue weighted by Crippen LogP contribution is 2.35. The van der Waals surface area contributed by atoms with Crippen LogP contribution in [0.4, 0.5) is 0 Å². The van der Waals surface area contributed by atoms with Gasteiger partial charge in [0.2, 0.25) is 0 Å². The number of nitrogens with zero attached hydrogens (tertiary/aromatic N) is 1. The lowest BCUT2D eigenvalue weighted by atomic mass is 10.1. The zero-order valence-electron chi connectivity index (χ0n) is 13.9. The van der Waals surface area contributed by atoms with Gasteiger partial charge in [-0.25, -0.2) is 0 Å². The fourth-order valence-electron chi connectivity index (χ4n) is 2.21. The highest BCUT2D eigenvalue weighted by molar-refractivity contribution is 14.1. The smallest absolute Gasteiger partial charge is 0.259 e. The van der Waals surface area contributed by atoms with Crippen LogP contribution in [-0.4, -0.2) is 13.0 Å². The minimum Gasteiger partial charge on any atom is -0.493 e. The van der Waals surface area contributed by atoms with Crippen LogP contribution in [0, 0.1) is 21.8 Å². The first kappa shape index (κ1) is 18.8. The highest BCUT2D eigenvalue weighted by Gasteiger charge is 2.13. The first-order valence-electron chi connectivity index (χ1n) is 7.42. The van der Waals surface area contributed by atoms with Crippen molar-refractivity contribution in [3.63, 3.8) is 0 Å². The molecule has 128 valence electrons. The molecule has 0 radical (unpaired) electrons. The van der Waals surface area contributed by atoms with E-state index in [1.807, 2.05) is 31.2 Å². The van der Waals surface area contributed by atoms with Crippen molar-refractivity contribution >= 4 is 34.6 Å². The summed E-state index contributed by atoms with van der Waals surface area (Å²) in [6.07, 6.45) is 1.43. The Bertz CT molecular complexity index is 869. The molecule has 0 unspecified atom stereocenters. The zero-order valence-corrected chi connectivity index (χ0v) is 16.0. The molecule has 2 N–H and O–H groups in total. The van der Waals surface area contributed by atoms with Crippen LogP contribution in [0.25, 0.3) is 6.08 Å². The third kappa shape index (κ3) is 4.73. The average Bonchev–Trinajstić information content (AvgIpc) is 2.59. The van der Waals surface area contributed by atoms with E-state index >= 15 is 0 Å².